The van der Waals surface area contributed by atoms with E-state index >= 15 is 0 Å². The second-order valence-corrected chi connectivity index (χ2v) is 5.22. The van der Waals surface area contributed by atoms with Crippen LogP contribution in [0.5, 0.6) is 0 Å². The third-order valence-electron chi connectivity index (χ3n) is 3.53. The van der Waals surface area contributed by atoms with Gasteiger partial charge in [-0.3, -0.25) is 4.79 Å². The molecule has 124 valence electrons. The first-order chi connectivity index (χ1) is 10.3. The smallest absolute Gasteiger partial charge is 0.251 e. The molecule has 0 radical (unpaired) electrons. The molecule has 1 aromatic rings. The lowest BCUT2D eigenvalue weighted by Crippen LogP contribution is -2.25. The first-order valence-electron chi connectivity index (χ1n) is 7.56. The molecule has 1 aliphatic rings. The number of rotatable bonds is 8. The number of benzene rings is 1. The van der Waals surface area contributed by atoms with Crippen LogP contribution < -0.4 is 11.1 Å². The lowest BCUT2D eigenvalue weighted by atomic mass is 10.1. The van der Waals surface area contributed by atoms with Gasteiger partial charge in [0, 0.05) is 31.9 Å². The molecule has 2 rings (SSSR count). The van der Waals surface area contributed by atoms with Crippen molar-refractivity contribution in [2.45, 2.75) is 31.9 Å². The minimum Gasteiger partial charge on any atom is -0.379 e. The average molecular weight is 329 g/mol. The Balaban J connectivity index is 0.00000242. The molecule has 1 aromatic carbocycles. The summed E-state index contributed by atoms with van der Waals surface area (Å²) in [6.07, 6.45) is 3.29. The summed E-state index contributed by atoms with van der Waals surface area (Å²) in [6, 6.07) is 7.34. The lowest BCUT2D eigenvalue weighted by molar-refractivity contribution is 0.0166. The minimum absolute atomic E-state index is 0. The normalized spacial score (nSPS) is 17.0. The summed E-state index contributed by atoms with van der Waals surface area (Å²) in [6.45, 7) is 3.26. The van der Waals surface area contributed by atoms with Gasteiger partial charge in [0.1, 0.15) is 0 Å². The highest BCUT2D eigenvalue weighted by atomic mass is 35.5. The van der Waals surface area contributed by atoms with E-state index in [0.29, 0.717) is 31.9 Å². The molecule has 3 N–H and O–H groups in total. The highest BCUT2D eigenvalue weighted by molar-refractivity contribution is 5.94. The number of carbonyl (C=O) groups excluding carboxylic acids is 1. The number of nitrogens with one attached hydrogen (secondary N) is 1. The molecule has 22 heavy (non-hydrogen) atoms. The van der Waals surface area contributed by atoms with Crippen molar-refractivity contribution in [2.75, 3.05) is 26.4 Å². The van der Waals surface area contributed by atoms with Crippen LogP contribution in [-0.2, 0) is 16.0 Å². The standard InChI is InChI=1S/C16H24N2O3.ClH/c17-11-13-4-6-14(7-5-13)16(19)18-8-2-9-20-12-15-3-1-10-21-15;/h4-7,15H,1-3,8-12,17H2,(H,18,19);1H. The van der Waals surface area contributed by atoms with E-state index in [-0.39, 0.29) is 24.4 Å². The quantitative estimate of drug-likeness (QED) is 0.715. The maximum atomic E-state index is 11.9. The van der Waals surface area contributed by atoms with Crippen molar-refractivity contribution in [3.05, 3.63) is 35.4 Å². The molecule has 1 heterocycles. The van der Waals surface area contributed by atoms with E-state index in [2.05, 4.69) is 5.32 Å². The maximum Gasteiger partial charge on any atom is 0.251 e. The van der Waals surface area contributed by atoms with Crippen LogP contribution in [0.1, 0.15) is 35.2 Å². The molecular weight excluding hydrogens is 304 g/mol. The third-order valence-corrected chi connectivity index (χ3v) is 3.53. The van der Waals surface area contributed by atoms with Gasteiger partial charge in [-0.25, -0.2) is 0 Å². The van der Waals surface area contributed by atoms with Gasteiger partial charge in [-0.15, -0.1) is 12.4 Å². The lowest BCUT2D eigenvalue weighted by Gasteiger charge is -2.10. The number of amides is 1. The van der Waals surface area contributed by atoms with Crippen LogP contribution in [0.15, 0.2) is 24.3 Å². The Hall–Kier alpha value is -1.14. The molecule has 1 saturated heterocycles. The van der Waals surface area contributed by atoms with Gasteiger partial charge < -0.3 is 20.5 Å². The predicted molar refractivity (Wildman–Crippen MR) is 88.3 cm³/mol. The van der Waals surface area contributed by atoms with Gasteiger partial charge in [-0.2, -0.15) is 0 Å². The minimum atomic E-state index is -0.0577. The molecular formula is C16H25ClN2O3. The molecule has 0 aromatic heterocycles. The zero-order valence-electron chi connectivity index (χ0n) is 12.8. The van der Waals surface area contributed by atoms with Gasteiger partial charge in [0.2, 0.25) is 0 Å². The molecule has 0 spiro atoms. The largest absolute Gasteiger partial charge is 0.379 e. The van der Waals surface area contributed by atoms with E-state index in [1.165, 1.54) is 0 Å². The molecule has 5 nitrogen and oxygen atoms in total. The van der Waals surface area contributed by atoms with Crippen LogP contribution in [0.3, 0.4) is 0 Å². The highest BCUT2D eigenvalue weighted by Gasteiger charge is 2.14. The summed E-state index contributed by atoms with van der Waals surface area (Å²) < 4.78 is 11.0. The van der Waals surface area contributed by atoms with Crippen LogP contribution in [0, 0.1) is 0 Å². The Morgan fingerprint density at radius 2 is 2.14 bits per heavy atom. The van der Waals surface area contributed by atoms with Crippen molar-refractivity contribution in [3.63, 3.8) is 0 Å². The van der Waals surface area contributed by atoms with Gasteiger partial charge in [-0.05, 0) is 37.0 Å². The fraction of sp³-hybridized carbons (Fsp3) is 0.562. The van der Waals surface area contributed by atoms with Crippen molar-refractivity contribution in [3.8, 4) is 0 Å². The molecule has 6 heteroatoms. The number of halogens is 1. The summed E-state index contributed by atoms with van der Waals surface area (Å²) in [5.74, 6) is -0.0577. The van der Waals surface area contributed by atoms with Crippen LogP contribution in [-0.4, -0.2) is 38.4 Å². The maximum absolute atomic E-state index is 11.9. The summed E-state index contributed by atoms with van der Waals surface area (Å²) >= 11 is 0. The van der Waals surface area contributed by atoms with Gasteiger partial charge >= 0.3 is 0 Å². The van der Waals surface area contributed by atoms with Crippen molar-refractivity contribution in [1.29, 1.82) is 0 Å². The predicted octanol–water partition coefficient (Wildman–Crippen LogP) is 1.88. The number of carbonyl (C=O) groups is 1. The van der Waals surface area contributed by atoms with E-state index < -0.39 is 0 Å². The summed E-state index contributed by atoms with van der Waals surface area (Å²) in [5.41, 5.74) is 7.21. The Morgan fingerprint density at radius 1 is 1.36 bits per heavy atom. The topological polar surface area (TPSA) is 73.6 Å². The summed E-state index contributed by atoms with van der Waals surface area (Å²) in [4.78, 5) is 11.9. The van der Waals surface area contributed by atoms with Crippen LogP contribution in [0.2, 0.25) is 0 Å². The van der Waals surface area contributed by atoms with Crippen molar-refractivity contribution >= 4 is 18.3 Å². The second-order valence-electron chi connectivity index (χ2n) is 5.22. The molecule has 1 atom stereocenters. The molecule has 1 aliphatic heterocycles. The molecule has 0 bridgehead atoms. The summed E-state index contributed by atoms with van der Waals surface area (Å²) in [7, 11) is 0. The molecule has 0 aliphatic carbocycles. The monoisotopic (exact) mass is 328 g/mol. The van der Waals surface area contributed by atoms with Crippen molar-refractivity contribution in [1.82, 2.24) is 5.32 Å². The fourth-order valence-corrected chi connectivity index (χ4v) is 2.26. The van der Waals surface area contributed by atoms with Crippen molar-refractivity contribution in [2.24, 2.45) is 5.73 Å². The van der Waals surface area contributed by atoms with Gasteiger partial charge in [0.05, 0.1) is 12.7 Å². The Morgan fingerprint density at radius 3 is 2.77 bits per heavy atom. The van der Waals surface area contributed by atoms with E-state index in [1.54, 1.807) is 12.1 Å². The van der Waals surface area contributed by atoms with E-state index in [4.69, 9.17) is 15.2 Å². The molecule has 1 fully saturated rings. The zero-order valence-corrected chi connectivity index (χ0v) is 13.6. The van der Waals surface area contributed by atoms with Crippen LogP contribution >= 0.6 is 12.4 Å². The van der Waals surface area contributed by atoms with E-state index in [1.807, 2.05) is 12.1 Å². The average Bonchev–Trinajstić information content (AvgIpc) is 3.04. The Bertz CT molecular complexity index is 434. The Labute approximate surface area is 138 Å². The number of nitrogens with two attached hydrogens (primary N) is 1. The second kappa shape index (κ2) is 10.6. The zero-order chi connectivity index (χ0) is 14.9. The SMILES string of the molecule is Cl.NCc1ccc(C(=O)NCCCOCC2CCCO2)cc1. The first kappa shape index (κ1) is 18.9. The van der Waals surface area contributed by atoms with E-state index in [0.717, 1.165) is 31.4 Å². The molecule has 1 unspecified atom stereocenters. The van der Waals surface area contributed by atoms with E-state index in [9.17, 15) is 4.79 Å². The van der Waals surface area contributed by atoms with Crippen LogP contribution in [0.25, 0.3) is 0 Å². The third kappa shape index (κ3) is 6.32. The molecule has 0 saturated carbocycles. The molecule has 1 amide bonds. The number of hydrogen-bond donors (Lipinski definition) is 2. The summed E-state index contributed by atoms with van der Waals surface area (Å²) in [5, 5.41) is 2.88. The number of hydrogen-bond acceptors (Lipinski definition) is 4. The van der Waals surface area contributed by atoms with Gasteiger partial charge in [-0.1, -0.05) is 12.1 Å². The first-order valence-corrected chi connectivity index (χ1v) is 7.56. The van der Waals surface area contributed by atoms with Gasteiger partial charge in [0.25, 0.3) is 5.91 Å². The van der Waals surface area contributed by atoms with Crippen LogP contribution in [0.4, 0.5) is 0 Å². The fourth-order valence-electron chi connectivity index (χ4n) is 2.26. The van der Waals surface area contributed by atoms with Crippen molar-refractivity contribution < 1.29 is 14.3 Å². The van der Waals surface area contributed by atoms with Gasteiger partial charge in [0.15, 0.2) is 0 Å². The highest BCUT2D eigenvalue weighted by Crippen LogP contribution is 2.11. The Kier molecular flexibility index (Phi) is 9.08. The number of ether oxygens (including phenoxy) is 2.